The molecule has 0 bridgehead atoms. The van der Waals surface area contributed by atoms with Crippen LogP contribution in [0.5, 0.6) is 0 Å². The summed E-state index contributed by atoms with van der Waals surface area (Å²) in [5, 5.41) is 1.21. The van der Waals surface area contributed by atoms with Crippen LogP contribution in [0, 0.1) is 12.8 Å². The number of nitrogens with two attached hydrogens (primary N) is 1. The number of carbonyl (C=O) groups excluding carboxylic acids is 1. The summed E-state index contributed by atoms with van der Waals surface area (Å²) in [4.78, 5) is 16.3. The van der Waals surface area contributed by atoms with Crippen LogP contribution >= 0.6 is 15.9 Å². The monoisotopic (exact) mass is 313 g/mol. The second-order valence-electron chi connectivity index (χ2n) is 4.36. The van der Waals surface area contributed by atoms with Crippen LogP contribution in [0.25, 0.3) is 0 Å². The van der Waals surface area contributed by atoms with Crippen molar-refractivity contribution in [2.45, 2.75) is 19.8 Å². The molecule has 1 amide bonds. The average Bonchev–Trinajstić information content (AvgIpc) is 2.41. The Bertz CT molecular complexity index is 447. The molecular formula is C12H16BrN3O2. The van der Waals surface area contributed by atoms with Gasteiger partial charge in [-0.15, -0.1) is 0 Å². The molecule has 1 aromatic rings. The normalized spacial score (nSPS) is 16.6. The molecule has 0 atom stereocenters. The van der Waals surface area contributed by atoms with Crippen LogP contribution in [0.15, 0.2) is 16.9 Å². The van der Waals surface area contributed by atoms with E-state index in [-0.39, 0.29) is 11.8 Å². The van der Waals surface area contributed by atoms with Crippen LogP contribution in [0.1, 0.15) is 18.4 Å². The molecule has 18 heavy (non-hydrogen) atoms. The number of hydrazine groups is 1. The van der Waals surface area contributed by atoms with E-state index < -0.39 is 0 Å². The predicted molar refractivity (Wildman–Crippen MR) is 71.9 cm³/mol. The summed E-state index contributed by atoms with van der Waals surface area (Å²) in [7, 11) is 0. The van der Waals surface area contributed by atoms with E-state index in [9.17, 15) is 4.79 Å². The third-order valence-electron chi connectivity index (χ3n) is 3.19. The molecule has 1 aliphatic rings. The highest BCUT2D eigenvalue weighted by atomic mass is 79.9. The maximum absolute atomic E-state index is 12.3. The second-order valence-corrected chi connectivity index (χ2v) is 5.21. The maximum atomic E-state index is 12.3. The van der Waals surface area contributed by atoms with Gasteiger partial charge in [-0.2, -0.15) is 0 Å². The number of pyridine rings is 1. The van der Waals surface area contributed by atoms with Gasteiger partial charge in [0.25, 0.3) is 0 Å². The van der Waals surface area contributed by atoms with E-state index in [1.54, 1.807) is 12.4 Å². The first-order valence-corrected chi connectivity index (χ1v) is 6.67. The van der Waals surface area contributed by atoms with Crippen molar-refractivity contribution in [1.82, 2.24) is 4.98 Å². The van der Waals surface area contributed by atoms with E-state index in [0.29, 0.717) is 18.9 Å². The Hall–Kier alpha value is -0.980. The van der Waals surface area contributed by atoms with Gasteiger partial charge < -0.3 is 4.74 Å². The van der Waals surface area contributed by atoms with Gasteiger partial charge >= 0.3 is 0 Å². The van der Waals surface area contributed by atoms with Crippen molar-refractivity contribution in [1.29, 1.82) is 0 Å². The summed E-state index contributed by atoms with van der Waals surface area (Å²) >= 11 is 3.38. The second kappa shape index (κ2) is 5.77. The number of aromatic nitrogens is 1. The Labute approximate surface area is 114 Å². The van der Waals surface area contributed by atoms with E-state index in [0.717, 1.165) is 22.9 Å². The van der Waals surface area contributed by atoms with Gasteiger partial charge in [-0.3, -0.25) is 9.78 Å². The molecule has 1 aromatic heterocycles. The average molecular weight is 314 g/mol. The van der Waals surface area contributed by atoms with Crippen LogP contribution in [0.4, 0.5) is 5.69 Å². The summed E-state index contributed by atoms with van der Waals surface area (Å²) in [5.41, 5.74) is 1.55. The zero-order valence-corrected chi connectivity index (χ0v) is 11.8. The third kappa shape index (κ3) is 2.71. The number of amides is 1. The number of nitrogens with zero attached hydrogens (tertiary/aromatic N) is 2. The first-order chi connectivity index (χ1) is 8.61. The highest BCUT2D eigenvalue weighted by Gasteiger charge is 2.26. The molecule has 0 aromatic carbocycles. The maximum Gasteiger partial charge on any atom is 0.244 e. The molecule has 1 saturated heterocycles. The van der Waals surface area contributed by atoms with Crippen molar-refractivity contribution in [3.05, 3.63) is 22.4 Å². The van der Waals surface area contributed by atoms with E-state index in [1.165, 1.54) is 5.01 Å². The molecule has 0 spiro atoms. The molecule has 1 aliphatic heterocycles. The number of anilines is 1. The topological polar surface area (TPSA) is 68.5 Å². The van der Waals surface area contributed by atoms with Gasteiger partial charge in [0.05, 0.1) is 11.9 Å². The van der Waals surface area contributed by atoms with E-state index in [2.05, 4.69) is 20.9 Å². The molecule has 6 heteroatoms. The molecule has 98 valence electrons. The minimum atomic E-state index is -0.0682. The fraction of sp³-hybridized carbons (Fsp3) is 0.500. The Morgan fingerprint density at radius 2 is 2.17 bits per heavy atom. The Morgan fingerprint density at radius 1 is 1.50 bits per heavy atom. The molecule has 2 N–H and O–H groups in total. The lowest BCUT2D eigenvalue weighted by atomic mass is 9.99. The fourth-order valence-electron chi connectivity index (χ4n) is 1.99. The van der Waals surface area contributed by atoms with E-state index in [4.69, 9.17) is 10.6 Å². The molecule has 0 unspecified atom stereocenters. The summed E-state index contributed by atoms with van der Waals surface area (Å²) in [5.74, 6) is 5.80. The molecule has 2 rings (SSSR count). The van der Waals surface area contributed by atoms with Crippen molar-refractivity contribution >= 4 is 27.5 Å². The van der Waals surface area contributed by atoms with Gasteiger partial charge in [-0.05, 0) is 41.3 Å². The Kier molecular flexibility index (Phi) is 4.31. The van der Waals surface area contributed by atoms with Crippen LogP contribution in [0.2, 0.25) is 0 Å². The molecule has 2 heterocycles. The standard InChI is InChI=1S/C12H16BrN3O2/c1-8-10(13)6-15-7-11(8)16(14)12(17)9-2-4-18-5-3-9/h6-7,9H,2-5,14H2,1H3. The highest BCUT2D eigenvalue weighted by molar-refractivity contribution is 9.10. The number of rotatable bonds is 2. The molecule has 0 radical (unpaired) electrons. The summed E-state index contributed by atoms with van der Waals surface area (Å²) in [6.45, 7) is 3.15. The zero-order chi connectivity index (χ0) is 13.1. The van der Waals surface area contributed by atoms with Gasteiger partial charge in [0.2, 0.25) is 5.91 Å². The number of hydrogen-bond donors (Lipinski definition) is 1. The largest absolute Gasteiger partial charge is 0.381 e. The zero-order valence-electron chi connectivity index (χ0n) is 10.2. The Morgan fingerprint density at radius 3 is 2.83 bits per heavy atom. The van der Waals surface area contributed by atoms with Crippen molar-refractivity contribution < 1.29 is 9.53 Å². The van der Waals surface area contributed by atoms with Gasteiger partial charge in [-0.25, -0.2) is 10.9 Å². The Balaban J connectivity index is 2.17. The van der Waals surface area contributed by atoms with Crippen molar-refractivity contribution in [3.63, 3.8) is 0 Å². The van der Waals surface area contributed by atoms with Crippen LogP contribution in [0.3, 0.4) is 0 Å². The van der Waals surface area contributed by atoms with Gasteiger partial charge in [0.15, 0.2) is 0 Å². The highest BCUT2D eigenvalue weighted by Crippen LogP contribution is 2.26. The summed E-state index contributed by atoms with van der Waals surface area (Å²) in [6, 6.07) is 0. The molecule has 0 aliphatic carbocycles. The number of carbonyl (C=O) groups is 1. The number of ether oxygens (including phenoxy) is 1. The minimum Gasteiger partial charge on any atom is -0.381 e. The first kappa shape index (κ1) is 13.5. The summed E-state index contributed by atoms with van der Waals surface area (Å²) in [6.07, 6.45) is 4.75. The third-order valence-corrected chi connectivity index (χ3v) is 3.99. The van der Waals surface area contributed by atoms with Crippen LogP contribution in [-0.2, 0) is 9.53 Å². The summed E-state index contributed by atoms with van der Waals surface area (Å²) < 4.78 is 6.09. The lowest BCUT2D eigenvalue weighted by Crippen LogP contribution is -2.43. The molecular weight excluding hydrogens is 298 g/mol. The van der Waals surface area contributed by atoms with Crippen LogP contribution < -0.4 is 10.9 Å². The molecule has 1 fully saturated rings. The smallest absolute Gasteiger partial charge is 0.244 e. The molecule has 5 nitrogen and oxygen atoms in total. The number of hydrogen-bond acceptors (Lipinski definition) is 4. The first-order valence-electron chi connectivity index (χ1n) is 5.87. The fourth-order valence-corrected chi connectivity index (χ4v) is 2.31. The predicted octanol–water partition coefficient (Wildman–Crippen LogP) is 1.79. The van der Waals surface area contributed by atoms with Crippen molar-refractivity contribution in [2.24, 2.45) is 11.8 Å². The molecule has 0 saturated carbocycles. The van der Waals surface area contributed by atoms with Gasteiger partial charge in [0.1, 0.15) is 0 Å². The lowest BCUT2D eigenvalue weighted by molar-refractivity contribution is -0.125. The SMILES string of the molecule is Cc1c(Br)cncc1N(N)C(=O)C1CCOCC1. The lowest BCUT2D eigenvalue weighted by Gasteiger charge is -2.26. The van der Waals surface area contributed by atoms with E-state index >= 15 is 0 Å². The van der Waals surface area contributed by atoms with Crippen molar-refractivity contribution in [2.75, 3.05) is 18.2 Å². The minimum absolute atomic E-state index is 0.0536. The van der Waals surface area contributed by atoms with Crippen LogP contribution in [-0.4, -0.2) is 24.1 Å². The number of halogens is 1. The van der Waals surface area contributed by atoms with E-state index in [1.807, 2.05) is 6.92 Å². The van der Waals surface area contributed by atoms with Crippen molar-refractivity contribution in [3.8, 4) is 0 Å². The van der Waals surface area contributed by atoms with Gasteiger partial charge in [0, 0.05) is 29.8 Å². The van der Waals surface area contributed by atoms with Gasteiger partial charge in [-0.1, -0.05) is 0 Å². The quantitative estimate of drug-likeness (QED) is 0.513.